The van der Waals surface area contributed by atoms with Crippen LogP contribution in [0.5, 0.6) is 5.75 Å². The molecule has 0 unspecified atom stereocenters. The van der Waals surface area contributed by atoms with E-state index in [0.29, 0.717) is 0 Å². The van der Waals surface area contributed by atoms with Crippen LogP contribution in [0.4, 0.5) is 21.5 Å². The Balaban J connectivity index is 2.31. The quantitative estimate of drug-likeness (QED) is 0.531. The fourth-order valence-corrected chi connectivity index (χ4v) is 3.29. The lowest BCUT2D eigenvalue weighted by molar-refractivity contribution is -0.384. The van der Waals surface area contributed by atoms with Crippen LogP contribution in [0.1, 0.15) is 0 Å². The Bertz CT molecular complexity index is 1030. The van der Waals surface area contributed by atoms with E-state index in [-0.39, 0.29) is 27.8 Å². The molecule has 0 saturated carbocycles. The van der Waals surface area contributed by atoms with Gasteiger partial charge in [0.1, 0.15) is 18.1 Å². The van der Waals surface area contributed by atoms with Gasteiger partial charge in [0.15, 0.2) is 0 Å². The molecule has 0 aliphatic heterocycles. The standard InChI is InChI=1S/C16H15ClFN3O6S/c1-27-15-6-4-11(21(23)24)8-14(15)19-16(22)9-20(28(2,25)26)10-3-5-13(18)12(17)7-10/h3-8H,9H2,1-2H3,(H,19,22). The number of sulfonamides is 1. The fraction of sp³-hybridized carbons (Fsp3) is 0.188. The molecule has 2 aromatic carbocycles. The molecule has 150 valence electrons. The summed E-state index contributed by atoms with van der Waals surface area (Å²) in [7, 11) is -2.61. The third-order valence-electron chi connectivity index (χ3n) is 3.55. The van der Waals surface area contributed by atoms with E-state index < -0.39 is 33.2 Å². The first-order valence-corrected chi connectivity index (χ1v) is 9.80. The number of hydrogen-bond donors (Lipinski definition) is 1. The van der Waals surface area contributed by atoms with Crippen molar-refractivity contribution >= 4 is 44.6 Å². The minimum Gasteiger partial charge on any atom is -0.495 e. The van der Waals surface area contributed by atoms with Crippen LogP contribution < -0.4 is 14.4 Å². The smallest absolute Gasteiger partial charge is 0.271 e. The van der Waals surface area contributed by atoms with Crippen LogP contribution in [0.3, 0.4) is 0 Å². The number of rotatable bonds is 7. The first kappa shape index (κ1) is 21.4. The Hall–Kier alpha value is -2.92. The number of carbonyl (C=O) groups is 1. The van der Waals surface area contributed by atoms with Gasteiger partial charge < -0.3 is 10.1 Å². The van der Waals surface area contributed by atoms with E-state index in [0.717, 1.165) is 34.8 Å². The number of non-ortho nitro benzene ring substituents is 1. The summed E-state index contributed by atoms with van der Waals surface area (Å²) in [6, 6.07) is 6.76. The molecule has 0 heterocycles. The van der Waals surface area contributed by atoms with Gasteiger partial charge in [-0.1, -0.05) is 11.6 Å². The molecule has 0 spiro atoms. The second-order valence-electron chi connectivity index (χ2n) is 5.56. The van der Waals surface area contributed by atoms with Gasteiger partial charge in [0.2, 0.25) is 15.9 Å². The Labute approximate surface area is 164 Å². The first-order valence-electron chi connectivity index (χ1n) is 7.58. The molecule has 0 radical (unpaired) electrons. The molecule has 0 aromatic heterocycles. The molecule has 1 amide bonds. The van der Waals surface area contributed by atoms with E-state index in [1.54, 1.807) is 0 Å². The molecule has 9 nitrogen and oxygen atoms in total. The van der Waals surface area contributed by atoms with Crippen LogP contribution in [0.25, 0.3) is 0 Å². The van der Waals surface area contributed by atoms with E-state index in [9.17, 15) is 27.7 Å². The predicted octanol–water partition coefficient (Wildman–Crippen LogP) is 2.80. The molecule has 0 aliphatic rings. The Morgan fingerprint density at radius 3 is 2.54 bits per heavy atom. The number of anilines is 2. The van der Waals surface area contributed by atoms with Gasteiger partial charge in [-0.2, -0.15) is 0 Å². The van der Waals surface area contributed by atoms with Crippen LogP contribution in [0.2, 0.25) is 5.02 Å². The molecule has 0 saturated heterocycles. The van der Waals surface area contributed by atoms with Crippen LogP contribution in [-0.4, -0.2) is 39.2 Å². The third kappa shape index (κ3) is 5.08. The number of ether oxygens (including phenoxy) is 1. The van der Waals surface area contributed by atoms with E-state index in [4.69, 9.17) is 16.3 Å². The summed E-state index contributed by atoms with van der Waals surface area (Å²) in [4.78, 5) is 22.7. The Morgan fingerprint density at radius 2 is 2.00 bits per heavy atom. The summed E-state index contributed by atoms with van der Waals surface area (Å²) in [6.07, 6.45) is 0.867. The van der Waals surface area contributed by atoms with E-state index >= 15 is 0 Å². The van der Waals surface area contributed by atoms with Crippen molar-refractivity contribution in [3.63, 3.8) is 0 Å². The van der Waals surface area contributed by atoms with Crippen LogP contribution in [-0.2, 0) is 14.8 Å². The highest BCUT2D eigenvalue weighted by atomic mass is 35.5. The zero-order chi connectivity index (χ0) is 21.1. The maximum absolute atomic E-state index is 13.3. The molecular weight excluding hydrogens is 417 g/mol. The fourth-order valence-electron chi connectivity index (χ4n) is 2.27. The number of halogens is 2. The number of hydrogen-bond acceptors (Lipinski definition) is 6. The molecule has 0 bridgehead atoms. The molecule has 0 aliphatic carbocycles. The minimum absolute atomic E-state index is 0.00714. The summed E-state index contributed by atoms with van der Waals surface area (Å²) >= 11 is 5.68. The van der Waals surface area contributed by atoms with Gasteiger partial charge in [-0.05, 0) is 24.3 Å². The van der Waals surface area contributed by atoms with Gasteiger partial charge in [-0.3, -0.25) is 19.2 Å². The minimum atomic E-state index is -3.92. The maximum atomic E-state index is 13.3. The number of nitrogens with one attached hydrogen (secondary N) is 1. The van der Waals surface area contributed by atoms with Crippen molar-refractivity contribution in [2.24, 2.45) is 0 Å². The topological polar surface area (TPSA) is 119 Å². The molecule has 1 N–H and O–H groups in total. The van der Waals surface area contributed by atoms with Crippen molar-refractivity contribution in [3.05, 3.63) is 57.4 Å². The number of nitro groups is 1. The Kier molecular flexibility index (Phi) is 6.41. The molecule has 12 heteroatoms. The summed E-state index contributed by atoms with van der Waals surface area (Å²) in [5.41, 5.74) is -0.316. The van der Waals surface area contributed by atoms with Crippen LogP contribution >= 0.6 is 11.6 Å². The van der Waals surface area contributed by atoms with Crippen LogP contribution in [0, 0.1) is 15.9 Å². The number of carbonyl (C=O) groups excluding carboxylic acids is 1. The number of methoxy groups -OCH3 is 1. The van der Waals surface area contributed by atoms with Crippen molar-refractivity contribution in [1.82, 2.24) is 0 Å². The number of amides is 1. The zero-order valence-electron chi connectivity index (χ0n) is 14.7. The van der Waals surface area contributed by atoms with Gasteiger partial charge in [-0.25, -0.2) is 12.8 Å². The predicted molar refractivity (Wildman–Crippen MR) is 102 cm³/mol. The lowest BCUT2D eigenvalue weighted by Gasteiger charge is -2.22. The highest BCUT2D eigenvalue weighted by molar-refractivity contribution is 7.92. The van der Waals surface area contributed by atoms with Crippen molar-refractivity contribution in [2.45, 2.75) is 0 Å². The molecule has 28 heavy (non-hydrogen) atoms. The van der Waals surface area contributed by atoms with Crippen molar-refractivity contribution in [3.8, 4) is 5.75 Å². The number of nitro benzene ring substituents is 1. The average molecular weight is 432 g/mol. The van der Waals surface area contributed by atoms with Gasteiger partial charge in [-0.15, -0.1) is 0 Å². The van der Waals surface area contributed by atoms with E-state index in [1.807, 2.05) is 0 Å². The van der Waals surface area contributed by atoms with Crippen molar-refractivity contribution < 1.29 is 27.3 Å². The largest absolute Gasteiger partial charge is 0.495 e. The summed E-state index contributed by atoms with van der Waals surface area (Å²) in [5.74, 6) is -1.40. The van der Waals surface area contributed by atoms with Gasteiger partial charge in [0, 0.05) is 12.1 Å². The monoisotopic (exact) mass is 431 g/mol. The van der Waals surface area contributed by atoms with Crippen LogP contribution in [0.15, 0.2) is 36.4 Å². The average Bonchev–Trinajstić information content (AvgIpc) is 2.61. The Morgan fingerprint density at radius 1 is 1.32 bits per heavy atom. The molecule has 2 aromatic rings. The van der Waals surface area contributed by atoms with E-state index in [2.05, 4.69) is 5.32 Å². The summed E-state index contributed by atoms with van der Waals surface area (Å²) in [5, 5.41) is 13.0. The lowest BCUT2D eigenvalue weighted by atomic mass is 10.2. The zero-order valence-corrected chi connectivity index (χ0v) is 16.3. The molecular formula is C16H15ClFN3O6S. The number of nitrogens with zero attached hydrogens (tertiary/aromatic N) is 2. The molecule has 2 rings (SSSR count). The van der Waals surface area contributed by atoms with Gasteiger partial charge in [0.25, 0.3) is 5.69 Å². The molecule has 0 atom stereocenters. The molecule has 0 fully saturated rings. The van der Waals surface area contributed by atoms with Gasteiger partial charge >= 0.3 is 0 Å². The highest BCUT2D eigenvalue weighted by Gasteiger charge is 2.23. The van der Waals surface area contributed by atoms with Crippen molar-refractivity contribution in [1.29, 1.82) is 0 Å². The van der Waals surface area contributed by atoms with Crippen molar-refractivity contribution in [2.75, 3.05) is 29.5 Å². The maximum Gasteiger partial charge on any atom is 0.271 e. The highest BCUT2D eigenvalue weighted by Crippen LogP contribution is 2.29. The number of benzene rings is 2. The van der Waals surface area contributed by atoms with Gasteiger partial charge in [0.05, 0.1) is 34.7 Å². The lowest BCUT2D eigenvalue weighted by Crippen LogP contribution is -2.37. The SMILES string of the molecule is COc1ccc([N+](=O)[O-])cc1NC(=O)CN(c1ccc(F)c(Cl)c1)S(C)(=O)=O. The third-order valence-corrected chi connectivity index (χ3v) is 4.98. The second-order valence-corrected chi connectivity index (χ2v) is 7.87. The summed E-state index contributed by atoms with van der Waals surface area (Å²) in [6.45, 7) is -0.674. The normalized spacial score (nSPS) is 11.0. The summed E-state index contributed by atoms with van der Waals surface area (Å²) < 4.78 is 43.3. The second kappa shape index (κ2) is 8.40. The van der Waals surface area contributed by atoms with E-state index in [1.165, 1.54) is 19.2 Å². The first-order chi connectivity index (χ1) is 13.0.